The molecule has 2 aromatic rings. The monoisotopic (exact) mass is 299 g/mol. The maximum atomic E-state index is 12.6. The largest absolute Gasteiger partial charge is 0.314 e. The van der Waals surface area contributed by atoms with Crippen LogP contribution < -0.4 is 4.90 Å². The molecule has 0 atom stereocenters. The van der Waals surface area contributed by atoms with Gasteiger partial charge in [-0.05, 0) is 24.5 Å². The number of hydrogen-bond donors (Lipinski definition) is 0. The first-order valence-corrected chi connectivity index (χ1v) is 8.55. The number of nitrogens with zero attached hydrogens (tertiary/aromatic N) is 1. The Hall–Kier alpha value is -1.61. The zero-order valence-electron chi connectivity index (χ0n) is 12.4. The quantitative estimate of drug-likeness (QED) is 0.784. The fourth-order valence-electron chi connectivity index (χ4n) is 3.01. The van der Waals surface area contributed by atoms with Crippen LogP contribution in [0.4, 0.5) is 5.69 Å². The molecule has 0 spiro atoms. The zero-order valence-corrected chi connectivity index (χ0v) is 13.2. The van der Waals surface area contributed by atoms with Gasteiger partial charge in [0, 0.05) is 23.2 Å². The highest BCUT2D eigenvalue weighted by Gasteiger charge is 2.25. The maximum Gasteiger partial charge on any atom is 0.229 e. The molecule has 1 heterocycles. The van der Waals surface area contributed by atoms with Gasteiger partial charge in [-0.1, -0.05) is 49.6 Å². The van der Waals surface area contributed by atoms with Crippen LogP contribution in [0.5, 0.6) is 0 Å². The molecular weight excluding hydrogens is 278 g/mol. The van der Waals surface area contributed by atoms with E-state index < -0.39 is 0 Å². The van der Waals surface area contributed by atoms with Crippen molar-refractivity contribution in [2.45, 2.75) is 32.1 Å². The third kappa shape index (κ3) is 3.18. The average Bonchev–Trinajstić information content (AvgIpc) is 3.05. The molecule has 1 aliphatic rings. The summed E-state index contributed by atoms with van der Waals surface area (Å²) in [4.78, 5) is 15.6. The summed E-state index contributed by atoms with van der Waals surface area (Å²) in [6.45, 7) is 0. The van der Waals surface area contributed by atoms with E-state index in [1.165, 1.54) is 29.7 Å². The van der Waals surface area contributed by atoms with Crippen LogP contribution in [0.25, 0.3) is 10.4 Å². The fraction of sp³-hybridized carbons (Fsp3) is 0.389. The van der Waals surface area contributed by atoms with E-state index >= 15 is 0 Å². The molecule has 0 aliphatic heterocycles. The van der Waals surface area contributed by atoms with Crippen molar-refractivity contribution in [3.63, 3.8) is 0 Å². The van der Waals surface area contributed by atoms with Crippen molar-refractivity contribution in [2.24, 2.45) is 5.92 Å². The smallest absolute Gasteiger partial charge is 0.229 e. The average molecular weight is 299 g/mol. The molecule has 1 aromatic heterocycles. The Balaban J connectivity index is 1.74. The van der Waals surface area contributed by atoms with Crippen LogP contribution in [-0.2, 0) is 4.79 Å². The van der Waals surface area contributed by atoms with Gasteiger partial charge in [0.1, 0.15) is 0 Å². The summed E-state index contributed by atoms with van der Waals surface area (Å²) in [6, 6.07) is 12.5. The number of carbonyl (C=O) groups excluding carboxylic acids is 1. The van der Waals surface area contributed by atoms with E-state index in [1.807, 2.05) is 30.1 Å². The molecule has 21 heavy (non-hydrogen) atoms. The van der Waals surface area contributed by atoms with Gasteiger partial charge in [-0.15, -0.1) is 11.3 Å². The molecule has 110 valence electrons. The molecule has 1 fully saturated rings. The molecule has 0 saturated heterocycles. The molecule has 0 bridgehead atoms. The summed E-state index contributed by atoms with van der Waals surface area (Å²) in [6.07, 6.45) is 5.79. The molecule has 3 heteroatoms. The Morgan fingerprint density at radius 1 is 1.14 bits per heavy atom. The van der Waals surface area contributed by atoms with Gasteiger partial charge in [0.2, 0.25) is 5.91 Å². The van der Waals surface area contributed by atoms with Crippen molar-refractivity contribution in [3.05, 3.63) is 41.8 Å². The number of hydrogen-bond acceptors (Lipinski definition) is 2. The fourth-order valence-corrected chi connectivity index (χ4v) is 3.94. The van der Waals surface area contributed by atoms with Gasteiger partial charge >= 0.3 is 0 Å². The third-order valence-corrected chi connectivity index (χ3v) is 5.28. The van der Waals surface area contributed by atoms with E-state index in [0.717, 1.165) is 18.5 Å². The molecule has 1 aliphatic carbocycles. The van der Waals surface area contributed by atoms with Crippen molar-refractivity contribution in [1.29, 1.82) is 0 Å². The van der Waals surface area contributed by atoms with Gasteiger partial charge in [0.05, 0.1) is 5.69 Å². The van der Waals surface area contributed by atoms with E-state index in [0.29, 0.717) is 0 Å². The molecule has 2 nitrogen and oxygen atoms in total. The number of thiophene rings is 1. The van der Waals surface area contributed by atoms with Crippen molar-refractivity contribution in [1.82, 2.24) is 0 Å². The van der Waals surface area contributed by atoms with Crippen LogP contribution in [0, 0.1) is 5.92 Å². The lowest BCUT2D eigenvalue weighted by molar-refractivity contribution is -0.123. The Morgan fingerprint density at radius 3 is 2.57 bits per heavy atom. The Kier molecular flexibility index (Phi) is 4.39. The maximum absolute atomic E-state index is 12.6. The van der Waals surface area contributed by atoms with Gasteiger partial charge < -0.3 is 4.90 Å². The summed E-state index contributed by atoms with van der Waals surface area (Å²) in [7, 11) is 1.91. The Bertz CT molecular complexity index is 599. The van der Waals surface area contributed by atoms with Gasteiger partial charge in [0.15, 0.2) is 0 Å². The van der Waals surface area contributed by atoms with E-state index in [-0.39, 0.29) is 11.8 Å². The van der Waals surface area contributed by atoms with Crippen molar-refractivity contribution < 1.29 is 4.79 Å². The molecule has 1 saturated carbocycles. The first kappa shape index (κ1) is 14.3. The van der Waals surface area contributed by atoms with Crippen LogP contribution in [-0.4, -0.2) is 13.0 Å². The van der Waals surface area contributed by atoms with Crippen LogP contribution >= 0.6 is 11.3 Å². The highest BCUT2D eigenvalue weighted by molar-refractivity contribution is 7.14. The number of carbonyl (C=O) groups is 1. The predicted octanol–water partition coefficient (Wildman–Crippen LogP) is 4.96. The summed E-state index contributed by atoms with van der Waals surface area (Å²) in [5.74, 6) is 0.510. The first-order valence-electron chi connectivity index (χ1n) is 7.67. The van der Waals surface area contributed by atoms with E-state index in [4.69, 9.17) is 0 Å². The Morgan fingerprint density at radius 2 is 1.86 bits per heavy atom. The van der Waals surface area contributed by atoms with Crippen LogP contribution in [0.15, 0.2) is 41.8 Å². The second kappa shape index (κ2) is 6.44. The number of rotatable bonds is 3. The number of amides is 1. The minimum Gasteiger partial charge on any atom is -0.314 e. The lowest BCUT2D eigenvalue weighted by Crippen LogP contribution is -2.33. The summed E-state index contributed by atoms with van der Waals surface area (Å²) >= 11 is 1.70. The molecular formula is C18H21NOS. The van der Waals surface area contributed by atoms with Crippen molar-refractivity contribution >= 4 is 22.9 Å². The molecule has 0 radical (unpaired) electrons. The SMILES string of the molecule is CN(C(=O)C1CCCCC1)c1csc(-c2ccccc2)c1. The van der Waals surface area contributed by atoms with E-state index in [1.54, 1.807) is 11.3 Å². The minimum absolute atomic E-state index is 0.226. The summed E-state index contributed by atoms with van der Waals surface area (Å²) in [5.41, 5.74) is 2.24. The highest BCUT2D eigenvalue weighted by atomic mass is 32.1. The molecule has 1 aromatic carbocycles. The van der Waals surface area contributed by atoms with Gasteiger partial charge in [-0.25, -0.2) is 0 Å². The molecule has 1 amide bonds. The lowest BCUT2D eigenvalue weighted by Gasteiger charge is -2.25. The summed E-state index contributed by atoms with van der Waals surface area (Å²) in [5, 5.41) is 2.09. The van der Waals surface area contributed by atoms with Crippen LogP contribution in [0.1, 0.15) is 32.1 Å². The molecule has 0 N–H and O–H groups in total. The van der Waals surface area contributed by atoms with Gasteiger partial charge in [0.25, 0.3) is 0 Å². The second-order valence-corrected chi connectivity index (χ2v) is 6.68. The number of benzene rings is 1. The van der Waals surface area contributed by atoms with Crippen LogP contribution in [0.3, 0.4) is 0 Å². The van der Waals surface area contributed by atoms with Gasteiger partial charge in [-0.3, -0.25) is 4.79 Å². The molecule has 0 unspecified atom stereocenters. The minimum atomic E-state index is 0.226. The first-order chi connectivity index (χ1) is 10.3. The normalized spacial score (nSPS) is 15.9. The Labute approximate surface area is 130 Å². The van der Waals surface area contributed by atoms with Crippen molar-refractivity contribution in [3.8, 4) is 10.4 Å². The van der Waals surface area contributed by atoms with E-state index in [2.05, 4.69) is 23.6 Å². The predicted molar refractivity (Wildman–Crippen MR) is 89.7 cm³/mol. The van der Waals surface area contributed by atoms with E-state index in [9.17, 15) is 4.79 Å². The second-order valence-electron chi connectivity index (χ2n) is 5.77. The third-order valence-electron chi connectivity index (χ3n) is 4.32. The zero-order chi connectivity index (χ0) is 14.7. The highest BCUT2D eigenvalue weighted by Crippen LogP contribution is 2.33. The number of anilines is 1. The standard InChI is InChI=1S/C18H21NOS/c1-19(18(20)15-10-6-3-7-11-15)16-12-17(21-13-16)14-8-4-2-5-9-14/h2,4-5,8-9,12-13,15H,3,6-7,10-11H2,1H3. The summed E-state index contributed by atoms with van der Waals surface area (Å²) < 4.78 is 0. The molecule has 3 rings (SSSR count). The topological polar surface area (TPSA) is 20.3 Å². The van der Waals surface area contributed by atoms with Crippen LogP contribution in [0.2, 0.25) is 0 Å². The van der Waals surface area contributed by atoms with Crippen molar-refractivity contribution in [2.75, 3.05) is 11.9 Å². The lowest BCUT2D eigenvalue weighted by atomic mass is 9.88. The van der Waals surface area contributed by atoms with Gasteiger partial charge in [-0.2, -0.15) is 0 Å².